The van der Waals surface area contributed by atoms with Crippen molar-refractivity contribution in [2.24, 2.45) is 0 Å². The summed E-state index contributed by atoms with van der Waals surface area (Å²) < 4.78 is 25.3. The zero-order valence-electron chi connectivity index (χ0n) is 12.1. The number of aromatic nitrogens is 3. The first-order valence-electron chi connectivity index (χ1n) is 6.67. The van der Waals surface area contributed by atoms with Crippen LogP contribution in [0.4, 0.5) is 9.18 Å². The molecule has 0 fully saturated rings. The van der Waals surface area contributed by atoms with Crippen molar-refractivity contribution in [1.29, 1.82) is 0 Å². The highest BCUT2D eigenvalue weighted by molar-refractivity contribution is 5.64. The van der Waals surface area contributed by atoms with Gasteiger partial charge in [0.15, 0.2) is 11.4 Å². The Morgan fingerprint density at radius 3 is 2.96 bits per heavy atom. The monoisotopic (exact) mass is 317 g/mol. The fourth-order valence-corrected chi connectivity index (χ4v) is 2.12. The highest BCUT2D eigenvalue weighted by Gasteiger charge is 2.16. The van der Waals surface area contributed by atoms with Crippen LogP contribution < -0.4 is 9.47 Å². The lowest BCUT2D eigenvalue weighted by Crippen LogP contribution is -2.06. The molecule has 0 aliphatic carbocycles. The predicted molar refractivity (Wildman–Crippen MR) is 77.1 cm³/mol. The zero-order valence-corrected chi connectivity index (χ0v) is 12.1. The number of pyridine rings is 2. The maximum Gasteiger partial charge on any atom is 0.512 e. The first-order valence-corrected chi connectivity index (χ1v) is 6.67. The van der Waals surface area contributed by atoms with Crippen LogP contribution >= 0.6 is 0 Å². The van der Waals surface area contributed by atoms with E-state index < -0.39 is 12.0 Å². The number of nitrogens with zero attached hydrogens (tertiary/aromatic N) is 3. The van der Waals surface area contributed by atoms with Crippen molar-refractivity contribution in [1.82, 2.24) is 14.4 Å². The third-order valence-corrected chi connectivity index (χ3v) is 3.12. The van der Waals surface area contributed by atoms with Crippen LogP contribution in [0.3, 0.4) is 0 Å². The lowest BCUT2D eigenvalue weighted by molar-refractivity contribution is 0.141. The van der Waals surface area contributed by atoms with Gasteiger partial charge in [0.05, 0.1) is 0 Å². The second kappa shape index (κ2) is 5.91. The molecule has 3 rings (SSSR count). The molecule has 3 heterocycles. The van der Waals surface area contributed by atoms with Crippen LogP contribution in [-0.2, 0) is 6.61 Å². The molecular formula is C15H12FN3O4. The number of imidazole rings is 1. The molecule has 0 unspecified atom stereocenters. The Labute approximate surface area is 129 Å². The van der Waals surface area contributed by atoms with Crippen molar-refractivity contribution in [3.05, 3.63) is 53.9 Å². The Hall–Kier alpha value is -3.16. The molecule has 118 valence electrons. The van der Waals surface area contributed by atoms with Crippen LogP contribution in [-0.4, -0.2) is 25.6 Å². The number of hydrogen-bond donors (Lipinski definition) is 1. The average molecular weight is 317 g/mol. The summed E-state index contributed by atoms with van der Waals surface area (Å²) in [5, 5.41) is 8.78. The first-order chi connectivity index (χ1) is 11.1. The van der Waals surface area contributed by atoms with E-state index in [4.69, 9.17) is 14.6 Å². The van der Waals surface area contributed by atoms with Crippen molar-refractivity contribution in [3.63, 3.8) is 0 Å². The minimum absolute atomic E-state index is 0.0760. The predicted octanol–water partition coefficient (Wildman–Crippen LogP) is 2.81. The second-order valence-corrected chi connectivity index (χ2v) is 4.66. The van der Waals surface area contributed by atoms with Gasteiger partial charge in [0.1, 0.15) is 23.8 Å². The summed E-state index contributed by atoms with van der Waals surface area (Å²) in [7, 11) is 0. The summed E-state index contributed by atoms with van der Waals surface area (Å²) in [6.07, 6.45) is 1.64. The molecule has 0 aliphatic rings. The summed E-state index contributed by atoms with van der Waals surface area (Å²) in [6.45, 7) is 1.54. The van der Waals surface area contributed by atoms with Crippen LogP contribution in [0.2, 0.25) is 0 Å². The third-order valence-electron chi connectivity index (χ3n) is 3.12. The Morgan fingerprint density at radius 2 is 2.22 bits per heavy atom. The highest BCUT2D eigenvalue weighted by atomic mass is 19.1. The van der Waals surface area contributed by atoms with Crippen molar-refractivity contribution < 1.29 is 23.8 Å². The second-order valence-electron chi connectivity index (χ2n) is 4.66. The largest absolute Gasteiger partial charge is 0.512 e. The highest BCUT2D eigenvalue weighted by Crippen LogP contribution is 2.27. The molecule has 0 aromatic carbocycles. The summed E-state index contributed by atoms with van der Waals surface area (Å²) in [5.41, 5.74) is 0.935. The van der Waals surface area contributed by atoms with Gasteiger partial charge in [-0.2, -0.15) is 0 Å². The van der Waals surface area contributed by atoms with Crippen LogP contribution in [0.25, 0.3) is 5.65 Å². The summed E-state index contributed by atoms with van der Waals surface area (Å²) in [5.74, 6) is -0.0169. The number of fused-ring (bicyclic) bond motifs is 1. The van der Waals surface area contributed by atoms with E-state index in [2.05, 4.69) is 9.97 Å². The summed E-state index contributed by atoms with van der Waals surface area (Å²) >= 11 is 0. The van der Waals surface area contributed by atoms with Crippen molar-refractivity contribution in [3.8, 4) is 11.6 Å². The number of hydrogen-bond acceptors (Lipinski definition) is 5. The van der Waals surface area contributed by atoms with Gasteiger partial charge in [-0.05, 0) is 31.2 Å². The van der Waals surface area contributed by atoms with Crippen molar-refractivity contribution >= 4 is 11.8 Å². The van der Waals surface area contributed by atoms with E-state index >= 15 is 0 Å². The number of aryl methyl sites for hydroxylation is 1. The Morgan fingerprint density at radius 1 is 1.39 bits per heavy atom. The molecule has 0 amide bonds. The Kier molecular flexibility index (Phi) is 3.80. The van der Waals surface area contributed by atoms with Gasteiger partial charge in [-0.3, -0.25) is 9.38 Å². The van der Waals surface area contributed by atoms with Crippen molar-refractivity contribution in [2.45, 2.75) is 13.5 Å². The fourth-order valence-electron chi connectivity index (χ4n) is 2.12. The molecule has 0 saturated heterocycles. The van der Waals surface area contributed by atoms with Crippen LogP contribution in [0.5, 0.6) is 11.6 Å². The molecular weight excluding hydrogens is 305 g/mol. The van der Waals surface area contributed by atoms with E-state index in [1.807, 2.05) is 0 Å². The molecule has 0 saturated carbocycles. The van der Waals surface area contributed by atoms with Gasteiger partial charge in [-0.1, -0.05) is 0 Å². The van der Waals surface area contributed by atoms with E-state index in [9.17, 15) is 9.18 Å². The maximum absolute atomic E-state index is 13.6. The topological polar surface area (TPSA) is 86.0 Å². The third kappa shape index (κ3) is 2.91. The van der Waals surface area contributed by atoms with E-state index in [-0.39, 0.29) is 18.2 Å². The van der Waals surface area contributed by atoms with E-state index in [0.717, 1.165) is 0 Å². The van der Waals surface area contributed by atoms with Crippen molar-refractivity contribution in [2.75, 3.05) is 0 Å². The molecule has 0 spiro atoms. The summed E-state index contributed by atoms with van der Waals surface area (Å²) in [4.78, 5) is 18.9. The zero-order chi connectivity index (χ0) is 16.4. The van der Waals surface area contributed by atoms with Gasteiger partial charge >= 0.3 is 6.16 Å². The molecule has 7 nitrogen and oxygen atoms in total. The Bertz CT molecular complexity index is 878. The van der Waals surface area contributed by atoms with E-state index in [1.54, 1.807) is 25.3 Å². The van der Waals surface area contributed by atoms with Crippen LogP contribution in [0.1, 0.15) is 11.4 Å². The number of halogens is 1. The lowest BCUT2D eigenvalue weighted by Gasteiger charge is -2.08. The van der Waals surface area contributed by atoms with Gasteiger partial charge < -0.3 is 14.6 Å². The number of ether oxygens (including phenoxy) is 2. The van der Waals surface area contributed by atoms with E-state index in [1.165, 1.54) is 22.7 Å². The van der Waals surface area contributed by atoms with Crippen LogP contribution in [0.15, 0.2) is 36.7 Å². The number of rotatable bonds is 4. The van der Waals surface area contributed by atoms with E-state index in [0.29, 0.717) is 17.1 Å². The van der Waals surface area contributed by atoms with Gasteiger partial charge in [0.2, 0.25) is 5.88 Å². The quantitative estimate of drug-likeness (QED) is 0.745. The minimum atomic E-state index is -1.43. The number of carboxylic acid groups (broad SMARTS) is 1. The minimum Gasteiger partial charge on any atom is -0.483 e. The average Bonchev–Trinajstić information content (AvgIpc) is 2.83. The first kappa shape index (κ1) is 14.8. The maximum atomic E-state index is 13.6. The summed E-state index contributed by atoms with van der Waals surface area (Å²) in [6, 6.07) is 6.08. The normalized spacial score (nSPS) is 10.7. The molecule has 23 heavy (non-hydrogen) atoms. The molecule has 3 aromatic rings. The molecule has 0 bridgehead atoms. The number of carbonyl (C=O) groups is 1. The Balaban J connectivity index is 1.93. The van der Waals surface area contributed by atoms with Gasteiger partial charge in [-0.25, -0.2) is 14.2 Å². The van der Waals surface area contributed by atoms with Gasteiger partial charge in [0.25, 0.3) is 0 Å². The van der Waals surface area contributed by atoms with Gasteiger partial charge in [0, 0.05) is 12.4 Å². The smallest absolute Gasteiger partial charge is 0.483 e. The molecule has 3 aromatic heterocycles. The SMILES string of the molecule is Cc1nc2c(OCc3ncccc3F)cccn2c1OC(=O)O. The molecule has 0 radical (unpaired) electrons. The standard InChI is InChI=1S/C15H12FN3O4/c1-9-14(23-15(20)21)19-7-3-5-12(13(19)18-9)22-8-11-10(16)4-2-6-17-11/h2-7H,8H2,1H3,(H,20,21). The van der Waals surface area contributed by atoms with Crippen LogP contribution in [0, 0.1) is 12.7 Å². The fraction of sp³-hybridized carbons (Fsp3) is 0.133. The molecule has 8 heteroatoms. The molecule has 0 aliphatic heterocycles. The molecule has 0 atom stereocenters. The molecule has 1 N–H and O–H groups in total. The van der Waals surface area contributed by atoms with Gasteiger partial charge in [-0.15, -0.1) is 0 Å². The lowest BCUT2D eigenvalue weighted by atomic mass is 10.3.